The van der Waals surface area contributed by atoms with Crippen LogP contribution in [0.4, 0.5) is 8.78 Å². The van der Waals surface area contributed by atoms with Gasteiger partial charge < -0.3 is 105 Å². The number of nitrogens with zero attached hydrogens (tertiary/aromatic N) is 7. The van der Waals surface area contributed by atoms with Crippen molar-refractivity contribution in [3.05, 3.63) is 72.6 Å². The molecule has 5 amide bonds. The molecule has 0 spiro atoms. The van der Waals surface area contributed by atoms with Crippen LogP contribution in [0.5, 0.6) is 0 Å². The highest BCUT2D eigenvalue weighted by molar-refractivity contribution is 5.82. The number of hydrogen-bond acceptors (Lipinski definition) is 25. The molecular weight excluding hydrogens is 1320 g/mol. The van der Waals surface area contributed by atoms with Crippen molar-refractivity contribution in [2.45, 2.75) is 226 Å². The summed E-state index contributed by atoms with van der Waals surface area (Å²) in [6, 6.07) is 5.97. The largest absolute Gasteiger partial charge is 0.394 e. The number of aliphatic hydroxyl groups is 9. The maximum Gasteiger partial charge on any atom is 0.251 e. The highest BCUT2D eigenvalue weighted by Crippen LogP contribution is 2.41. The molecular formula is C66H91F2N11O21. The Morgan fingerprint density at radius 1 is 0.610 bits per heavy atom. The lowest BCUT2D eigenvalue weighted by Gasteiger charge is -2.49. The molecule has 2 aromatic carbocycles. The number of benzene rings is 2. The van der Waals surface area contributed by atoms with Crippen molar-refractivity contribution in [3.63, 3.8) is 0 Å². The second-order valence-corrected chi connectivity index (χ2v) is 27.3. The van der Waals surface area contributed by atoms with Crippen LogP contribution in [0.2, 0.25) is 0 Å². The number of aromatic nitrogens is 6. The molecule has 24 atom stereocenters. The lowest BCUT2D eigenvalue weighted by atomic mass is 9.80. The second-order valence-electron chi connectivity index (χ2n) is 27.3. The molecule has 4 aliphatic heterocycles. The molecule has 550 valence electrons. The smallest absolute Gasteiger partial charge is 0.251 e. The summed E-state index contributed by atoms with van der Waals surface area (Å²) in [4.78, 5) is 71.4. The molecule has 7 aliphatic rings. The first-order valence-electron chi connectivity index (χ1n) is 34.3. The Labute approximate surface area is 573 Å². The van der Waals surface area contributed by atoms with E-state index in [0.29, 0.717) is 30.6 Å². The number of ether oxygens (including phenoxy) is 7. The topological polar surface area (TPSA) is 445 Å². The van der Waals surface area contributed by atoms with Crippen molar-refractivity contribution in [1.29, 1.82) is 0 Å². The van der Waals surface area contributed by atoms with Gasteiger partial charge in [0, 0.05) is 63.0 Å². The van der Waals surface area contributed by atoms with Gasteiger partial charge in [-0.15, -0.1) is 10.2 Å². The molecule has 4 saturated heterocycles. The number of rotatable bonds is 24. The zero-order valence-electron chi connectivity index (χ0n) is 55.5. The minimum Gasteiger partial charge on any atom is -0.394 e. The second kappa shape index (κ2) is 33.2. The zero-order valence-corrected chi connectivity index (χ0v) is 55.5. The fourth-order valence-electron chi connectivity index (χ4n) is 14.8. The quantitative estimate of drug-likeness (QED) is 0.0342. The average molecular weight is 1410 g/mol. The van der Waals surface area contributed by atoms with Crippen LogP contribution in [-0.2, 0) is 57.1 Å². The van der Waals surface area contributed by atoms with Crippen LogP contribution >= 0.6 is 0 Å². The summed E-state index contributed by atoms with van der Waals surface area (Å²) in [5.41, 5.74) is 1.08. The Kier molecular flexibility index (Phi) is 24.7. The SMILES string of the molecule is CC(=O)NC1CC(C(=O)NCCNC(=O)C2CC(n3cc(-c4cccc(F)c4)nn3)C(O)[C@H](O[C@@H]3OC(CO)[C@H](O)C(n4cc(-c5cccc(F)c5)nn4)C3O)C2)C[C@@H](O[C@@H]2OC(CO)[C@H](O)C(O[C@@H](CC3CCCCC3)C(=O)N3CCC3)C2NC(C)=O)C1O[C@@H]1OC(C)[C@@H](O)C(O)C1O. The summed E-state index contributed by atoms with van der Waals surface area (Å²) in [5, 5.41) is 129. The van der Waals surface area contributed by atoms with Gasteiger partial charge in [0.15, 0.2) is 18.9 Å². The van der Waals surface area contributed by atoms with E-state index < -0.39 is 195 Å². The van der Waals surface area contributed by atoms with E-state index in [1.165, 1.54) is 74.2 Å². The van der Waals surface area contributed by atoms with Gasteiger partial charge >= 0.3 is 0 Å². The molecule has 13 N–H and O–H groups in total. The van der Waals surface area contributed by atoms with Crippen molar-refractivity contribution in [2.75, 3.05) is 39.4 Å². The van der Waals surface area contributed by atoms with Gasteiger partial charge in [-0.3, -0.25) is 24.0 Å². The summed E-state index contributed by atoms with van der Waals surface area (Å²) in [6.45, 7) is 2.85. The monoisotopic (exact) mass is 1410 g/mol. The van der Waals surface area contributed by atoms with Crippen LogP contribution in [0.25, 0.3) is 22.5 Å². The highest BCUT2D eigenvalue weighted by Gasteiger charge is 2.55. The van der Waals surface area contributed by atoms with E-state index in [0.717, 1.165) is 43.2 Å². The molecule has 0 bridgehead atoms. The van der Waals surface area contributed by atoms with E-state index in [-0.39, 0.29) is 62.0 Å². The lowest BCUT2D eigenvalue weighted by Crippen LogP contribution is -2.68. The Bertz CT molecular complexity index is 3430. The normalized spacial score (nSPS) is 35.3. The predicted molar refractivity (Wildman–Crippen MR) is 339 cm³/mol. The van der Waals surface area contributed by atoms with Crippen LogP contribution in [0, 0.1) is 29.4 Å². The number of carbonyl (C=O) groups excluding carboxylic acids is 5. The van der Waals surface area contributed by atoms with E-state index >= 15 is 0 Å². The molecule has 4 aromatic rings. The van der Waals surface area contributed by atoms with E-state index in [2.05, 4.69) is 41.9 Å². The van der Waals surface area contributed by atoms with Crippen molar-refractivity contribution in [3.8, 4) is 22.5 Å². The number of aliphatic hydroxyl groups excluding tert-OH is 9. The van der Waals surface area contributed by atoms with Crippen LogP contribution in [0.15, 0.2) is 60.9 Å². The van der Waals surface area contributed by atoms with Crippen molar-refractivity contribution in [2.24, 2.45) is 17.8 Å². The van der Waals surface area contributed by atoms with Crippen LogP contribution < -0.4 is 21.3 Å². The molecule has 11 rings (SSSR count). The molecule has 100 heavy (non-hydrogen) atoms. The zero-order chi connectivity index (χ0) is 71.2. The van der Waals surface area contributed by atoms with Crippen molar-refractivity contribution < 1.29 is 112 Å². The maximum atomic E-state index is 14.7. The van der Waals surface area contributed by atoms with Gasteiger partial charge in [0.25, 0.3) is 5.91 Å². The summed E-state index contributed by atoms with van der Waals surface area (Å²) < 4.78 is 75.4. The highest BCUT2D eigenvalue weighted by atomic mass is 19.1. The van der Waals surface area contributed by atoms with Crippen LogP contribution in [0.1, 0.15) is 103 Å². The minimum absolute atomic E-state index is 0.101. The van der Waals surface area contributed by atoms with Gasteiger partial charge in [0.2, 0.25) is 23.6 Å². The van der Waals surface area contributed by atoms with E-state index in [9.17, 15) is 78.7 Å². The van der Waals surface area contributed by atoms with Crippen molar-refractivity contribution in [1.82, 2.24) is 56.2 Å². The Balaban J connectivity index is 0.817. The van der Waals surface area contributed by atoms with Crippen LogP contribution in [0.3, 0.4) is 0 Å². The van der Waals surface area contributed by atoms with Gasteiger partial charge in [-0.25, -0.2) is 18.1 Å². The van der Waals surface area contributed by atoms with Crippen molar-refractivity contribution >= 4 is 29.5 Å². The standard InChI is InChI=1S/C66H91F2N11O21/c1-31-52(84)57(89)58(90)66(94-31)100-59-41(71-32(2)82)23-37(26-46(59)97-64-50(72-33(3)83)60(55(87)49(30-81)98-64)95-47(63(93)77-18-9-19-77)20-34-10-5-4-6-11-34)61(91)69-16-17-70-62(92)38-24-44(78-27-42(73-75-78)35-12-7-14-39(67)21-35)53(85)45(25-38)96-65-56(88)51(54(86)48(29-80)99-65)79-28-43(74-76-79)36-13-8-15-40(68)22-36/h7-8,12-15,21-22,27-28,31,34,37-38,41,44-60,64-66,80-81,84-90H,4-6,9-11,16-20,23-26,29-30H2,1-3H3,(H,69,91)(H,70,92)(H,71,82)(H,72,83)/t31?,37?,38?,41?,44?,45-,46-,47+,48?,49?,50?,51?,52-,53?,54+,55+,56?,57?,58?,59?,60?,64-,65-,66+/m1/s1. The summed E-state index contributed by atoms with van der Waals surface area (Å²) >= 11 is 0. The number of halogens is 2. The van der Waals surface area contributed by atoms with Gasteiger partial charge in [-0.1, -0.05) is 66.8 Å². The number of likely N-dealkylation sites (tertiary alicyclic amines) is 1. The predicted octanol–water partition coefficient (Wildman–Crippen LogP) is -1.86. The summed E-state index contributed by atoms with van der Waals surface area (Å²) in [5.74, 6) is -5.85. The number of amides is 5. The molecule has 7 fully saturated rings. The first-order chi connectivity index (χ1) is 48.0. The van der Waals surface area contributed by atoms with E-state index in [1.54, 1.807) is 17.0 Å². The van der Waals surface area contributed by atoms with E-state index in [4.69, 9.17) is 33.2 Å². The maximum absolute atomic E-state index is 14.7. The lowest BCUT2D eigenvalue weighted by molar-refractivity contribution is -0.335. The molecule has 3 aliphatic carbocycles. The molecule has 0 radical (unpaired) electrons. The van der Waals surface area contributed by atoms with E-state index in [1.807, 2.05) is 0 Å². The number of carbonyl (C=O) groups is 5. The molecule has 15 unspecified atom stereocenters. The molecule has 34 heteroatoms. The fraction of sp³-hybridized carbons (Fsp3) is 0.682. The minimum atomic E-state index is -1.86. The third-order valence-electron chi connectivity index (χ3n) is 20.2. The average Bonchev–Trinajstić information content (AvgIpc) is 1.23. The Hall–Kier alpha value is -6.71. The molecule has 32 nitrogen and oxygen atoms in total. The number of nitrogens with one attached hydrogen (secondary N) is 4. The summed E-state index contributed by atoms with van der Waals surface area (Å²) in [7, 11) is 0. The fourth-order valence-corrected chi connectivity index (χ4v) is 14.8. The third-order valence-corrected chi connectivity index (χ3v) is 20.2. The first-order valence-corrected chi connectivity index (χ1v) is 34.3. The van der Waals surface area contributed by atoms with Gasteiger partial charge in [-0.05, 0) is 75.6 Å². The summed E-state index contributed by atoms with van der Waals surface area (Å²) in [6.07, 6.45) is -19.6. The Morgan fingerprint density at radius 3 is 1.78 bits per heavy atom. The first kappa shape index (κ1) is 74.5. The molecule has 6 heterocycles. The number of hydrogen-bond donors (Lipinski definition) is 13. The molecule has 2 aromatic heterocycles. The molecule has 3 saturated carbocycles. The van der Waals surface area contributed by atoms with Gasteiger partial charge in [0.1, 0.15) is 108 Å². The third kappa shape index (κ3) is 17.2. The van der Waals surface area contributed by atoms with Gasteiger partial charge in [0.05, 0.1) is 56.0 Å². The Morgan fingerprint density at radius 2 is 1.18 bits per heavy atom. The van der Waals surface area contributed by atoms with Crippen LogP contribution in [-0.4, -0.2) is 272 Å². The van der Waals surface area contributed by atoms with Gasteiger partial charge in [-0.2, -0.15) is 0 Å².